The van der Waals surface area contributed by atoms with Gasteiger partial charge in [-0.2, -0.15) is 0 Å². The summed E-state index contributed by atoms with van der Waals surface area (Å²) in [4.78, 5) is 24.9. The average molecular weight is 323 g/mol. The van der Waals surface area contributed by atoms with Gasteiger partial charge < -0.3 is 15.7 Å². The molecule has 0 atom stereocenters. The van der Waals surface area contributed by atoms with Gasteiger partial charge in [0.2, 0.25) is 0 Å². The van der Waals surface area contributed by atoms with E-state index in [1.54, 1.807) is 0 Å². The summed E-state index contributed by atoms with van der Waals surface area (Å²) in [5.41, 5.74) is 0.403. The number of nitrogens with one attached hydrogen (secondary N) is 2. The maximum absolute atomic E-state index is 12.1. The fourth-order valence-corrected chi connectivity index (χ4v) is 4.23. The second kappa shape index (κ2) is 6.67. The van der Waals surface area contributed by atoms with Gasteiger partial charge >= 0.3 is 12.0 Å². The van der Waals surface area contributed by atoms with Crippen molar-refractivity contribution < 1.29 is 14.7 Å². The molecule has 3 N–H and O–H groups in total. The van der Waals surface area contributed by atoms with Crippen LogP contribution in [0.1, 0.15) is 51.9 Å². The van der Waals surface area contributed by atoms with Crippen LogP contribution in [0.5, 0.6) is 0 Å². The molecular weight excluding hydrogens is 294 g/mol. The number of carbonyl (C=O) groups is 2. The summed E-state index contributed by atoms with van der Waals surface area (Å²) in [6.45, 7) is 3.62. The Balaban J connectivity index is 1.34. The van der Waals surface area contributed by atoms with Gasteiger partial charge in [0, 0.05) is 18.6 Å². The summed E-state index contributed by atoms with van der Waals surface area (Å²) < 4.78 is 0. The molecule has 3 aliphatic carbocycles. The van der Waals surface area contributed by atoms with Gasteiger partial charge in [0.1, 0.15) is 0 Å². The highest BCUT2D eigenvalue weighted by molar-refractivity contribution is 5.74. The lowest BCUT2D eigenvalue weighted by Gasteiger charge is -2.44. The van der Waals surface area contributed by atoms with Crippen LogP contribution in [0, 0.1) is 11.3 Å². The van der Waals surface area contributed by atoms with Crippen LogP contribution < -0.4 is 10.6 Å². The Morgan fingerprint density at radius 3 is 2.43 bits per heavy atom. The van der Waals surface area contributed by atoms with Gasteiger partial charge in [-0.05, 0) is 56.4 Å². The van der Waals surface area contributed by atoms with Crippen LogP contribution in [-0.4, -0.2) is 53.7 Å². The first-order valence-corrected chi connectivity index (χ1v) is 9.02. The van der Waals surface area contributed by atoms with Crippen LogP contribution in [-0.2, 0) is 4.79 Å². The van der Waals surface area contributed by atoms with E-state index in [2.05, 4.69) is 10.6 Å². The molecule has 6 nitrogen and oxygen atoms in total. The van der Waals surface area contributed by atoms with E-state index in [1.807, 2.05) is 11.8 Å². The lowest BCUT2D eigenvalue weighted by molar-refractivity contribution is -0.139. The van der Waals surface area contributed by atoms with Gasteiger partial charge in [-0.1, -0.05) is 13.3 Å². The van der Waals surface area contributed by atoms with Gasteiger partial charge in [0.05, 0.1) is 6.54 Å². The molecule has 3 rings (SSSR count). The number of rotatable bonds is 8. The van der Waals surface area contributed by atoms with Gasteiger partial charge in [-0.15, -0.1) is 0 Å². The molecule has 0 aromatic heterocycles. The molecule has 0 unspecified atom stereocenters. The zero-order chi connectivity index (χ0) is 16.4. The van der Waals surface area contributed by atoms with E-state index in [0.29, 0.717) is 5.41 Å². The second-order valence-electron chi connectivity index (χ2n) is 7.60. The Kier molecular flexibility index (Phi) is 4.80. The molecule has 3 aliphatic rings. The molecular formula is C17H29N3O3. The lowest BCUT2D eigenvalue weighted by Crippen LogP contribution is -2.57. The van der Waals surface area contributed by atoms with Gasteiger partial charge in [0.25, 0.3) is 0 Å². The summed E-state index contributed by atoms with van der Waals surface area (Å²) in [7, 11) is 0. The molecule has 3 saturated carbocycles. The first-order chi connectivity index (χ1) is 11.0. The minimum Gasteiger partial charge on any atom is -0.480 e. The van der Waals surface area contributed by atoms with Crippen LogP contribution in [0.3, 0.4) is 0 Å². The molecule has 0 spiro atoms. The van der Waals surface area contributed by atoms with Crippen molar-refractivity contribution >= 4 is 12.0 Å². The molecule has 6 heteroatoms. The topological polar surface area (TPSA) is 81.7 Å². The molecule has 130 valence electrons. The van der Waals surface area contributed by atoms with E-state index in [0.717, 1.165) is 31.8 Å². The van der Waals surface area contributed by atoms with Gasteiger partial charge in [-0.25, -0.2) is 4.79 Å². The van der Waals surface area contributed by atoms with Crippen molar-refractivity contribution in [2.75, 3.05) is 19.6 Å². The predicted octanol–water partition coefficient (Wildman–Crippen LogP) is 1.80. The number of hydrogen-bond acceptors (Lipinski definition) is 3. The number of likely N-dealkylation sites (N-methyl/N-ethyl adjacent to an activating group) is 1. The molecule has 3 fully saturated rings. The number of hydrogen-bond donors (Lipinski definition) is 3. The number of urea groups is 1. The van der Waals surface area contributed by atoms with E-state index in [4.69, 9.17) is 5.11 Å². The molecule has 0 aromatic rings. The minimum atomic E-state index is -0.785. The molecule has 0 heterocycles. The Morgan fingerprint density at radius 2 is 1.96 bits per heavy atom. The van der Waals surface area contributed by atoms with Crippen molar-refractivity contribution in [3.05, 3.63) is 0 Å². The second-order valence-corrected chi connectivity index (χ2v) is 7.60. The molecule has 0 radical (unpaired) electrons. The zero-order valence-electron chi connectivity index (χ0n) is 14.0. The Hall–Kier alpha value is -1.30. The minimum absolute atomic E-state index is 0.0540. The van der Waals surface area contributed by atoms with Crippen LogP contribution in [0.2, 0.25) is 0 Å². The lowest BCUT2D eigenvalue weighted by atomic mass is 9.65. The first kappa shape index (κ1) is 16.6. The quantitative estimate of drug-likeness (QED) is 0.636. The summed E-state index contributed by atoms with van der Waals surface area (Å²) >= 11 is 0. The van der Waals surface area contributed by atoms with Crippen molar-refractivity contribution in [1.29, 1.82) is 0 Å². The van der Waals surface area contributed by atoms with E-state index in [1.165, 1.54) is 32.1 Å². The highest BCUT2D eigenvalue weighted by atomic mass is 16.4. The zero-order valence-corrected chi connectivity index (χ0v) is 14.0. The molecule has 0 bridgehead atoms. The van der Waals surface area contributed by atoms with E-state index >= 15 is 0 Å². The number of carboxylic acid groups (broad SMARTS) is 1. The van der Waals surface area contributed by atoms with Crippen molar-refractivity contribution in [2.45, 2.75) is 64.0 Å². The van der Waals surface area contributed by atoms with E-state index < -0.39 is 5.97 Å². The smallest absolute Gasteiger partial charge is 0.317 e. The maximum atomic E-state index is 12.1. The van der Waals surface area contributed by atoms with Crippen molar-refractivity contribution in [3.8, 4) is 0 Å². The van der Waals surface area contributed by atoms with Gasteiger partial charge in [-0.3, -0.25) is 9.69 Å². The normalized spacial score (nSPS) is 28.6. The number of carbonyl (C=O) groups excluding carboxylic acids is 1. The molecule has 23 heavy (non-hydrogen) atoms. The van der Waals surface area contributed by atoms with Crippen LogP contribution >= 0.6 is 0 Å². The summed E-state index contributed by atoms with van der Waals surface area (Å²) in [5.74, 6) is 0.0608. The number of amides is 2. The van der Waals surface area contributed by atoms with Crippen molar-refractivity contribution in [2.24, 2.45) is 11.3 Å². The Labute approximate surface area is 138 Å². The molecule has 0 aliphatic heterocycles. The summed E-state index contributed by atoms with van der Waals surface area (Å²) in [6.07, 6.45) is 8.22. The molecule has 0 saturated heterocycles. The van der Waals surface area contributed by atoms with Crippen LogP contribution in [0.25, 0.3) is 0 Å². The highest BCUT2D eigenvalue weighted by Crippen LogP contribution is 2.56. The van der Waals surface area contributed by atoms with Crippen LogP contribution in [0.15, 0.2) is 0 Å². The monoisotopic (exact) mass is 323 g/mol. The third kappa shape index (κ3) is 3.79. The third-order valence-corrected chi connectivity index (χ3v) is 6.10. The third-order valence-electron chi connectivity index (χ3n) is 6.10. The fourth-order valence-electron chi connectivity index (χ4n) is 4.23. The average Bonchev–Trinajstić information content (AvgIpc) is 3.23. The SMILES string of the molecule is CCN(CC(=O)O)C1CC(NC(=O)NCC2(C3CC3)CCC2)C1. The Bertz CT molecular complexity index is 454. The summed E-state index contributed by atoms with van der Waals surface area (Å²) in [5, 5.41) is 15.0. The largest absolute Gasteiger partial charge is 0.480 e. The number of carboxylic acids is 1. The highest BCUT2D eigenvalue weighted by Gasteiger charge is 2.49. The standard InChI is InChI=1S/C17H29N3O3/c1-2-20(10-15(21)22)14-8-13(9-14)19-16(23)18-11-17(6-3-7-17)12-4-5-12/h12-14H,2-11H2,1H3,(H,21,22)(H2,18,19,23). The van der Waals surface area contributed by atoms with Gasteiger partial charge in [0.15, 0.2) is 0 Å². The predicted molar refractivity (Wildman–Crippen MR) is 87.2 cm³/mol. The maximum Gasteiger partial charge on any atom is 0.317 e. The van der Waals surface area contributed by atoms with Crippen molar-refractivity contribution in [1.82, 2.24) is 15.5 Å². The fraction of sp³-hybridized carbons (Fsp3) is 0.882. The molecule has 2 amide bonds. The number of aliphatic carboxylic acids is 1. The first-order valence-electron chi connectivity index (χ1n) is 9.02. The van der Waals surface area contributed by atoms with E-state index in [9.17, 15) is 9.59 Å². The number of nitrogens with zero attached hydrogens (tertiary/aromatic N) is 1. The van der Waals surface area contributed by atoms with Crippen molar-refractivity contribution in [3.63, 3.8) is 0 Å². The molecule has 0 aromatic carbocycles. The van der Waals surface area contributed by atoms with Crippen LogP contribution in [0.4, 0.5) is 4.79 Å². The summed E-state index contributed by atoms with van der Waals surface area (Å²) in [6, 6.07) is 0.411. The Morgan fingerprint density at radius 1 is 1.26 bits per heavy atom. The van der Waals surface area contributed by atoms with E-state index in [-0.39, 0.29) is 24.7 Å².